The van der Waals surface area contributed by atoms with Crippen molar-refractivity contribution in [3.05, 3.63) is 27.2 Å². The first-order valence-electron chi connectivity index (χ1n) is 4.76. The SMILES string of the molecule is COc1c(C)cc(Br)c(C)c1CCON. The highest BCUT2D eigenvalue weighted by Gasteiger charge is 2.12. The first-order chi connectivity index (χ1) is 7.11. The van der Waals surface area contributed by atoms with E-state index < -0.39 is 0 Å². The lowest BCUT2D eigenvalue weighted by Gasteiger charge is -2.15. The molecule has 0 saturated carbocycles. The monoisotopic (exact) mass is 273 g/mol. The fourth-order valence-corrected chi connectivity index (χ4v) is 2.25. The molecule has 0 aromatic heterocycles. The smallest absolute Gasteiger partial charge is 0.125 e. The third-order valence-corrected chi connectivity index (χ3v) is 3.28. The van der Waals surface area contributed by atoms with E-state index >= 15 is 0 Å². The van der Waals surface area contributed by atoms with Crippen LogP contribution in [0.1, 0.15) is 16.7 Å². The molecule has 0 aliphatic carbocycles. The normalized spacial score (nSPS) is 10.5. The molecule has 84 valence electrons. The van der Waals surface area contributed by atoms with Crippen molar-refractivity contribution in [1.82, 2.24) is 0 Å². The molecule has 0 saturated heterocycles. The Morgan fingerprint density at radius 2 is 2.07 bits per heavy atom. The minimum atomic E-state index is 0.493. The van der Waals surface area contributed by atoms with Crippen molar-refractivity contribution in [2.75, 3.05) is 13.7 Å². The van der Waals surface area contributed by atoms with Crippen molar-refractivity contribution in [3.8, 4) is 5.75 Å². The second-order valence-corrected chi connectivity index (χ2v) is 4.29. The molecule has 0 unspecified atom stereocenters. The quantitative estimate of drug-likeness (QED) is 0.858. The Labute approximate surface area is 98.6 Å². The summed E-state index contributed by atoms with van der Waals surface area (Å²) < 4.78 is 6.48. The summed E-state index contributed by atoms with van der Waals surface area (Å²) in [5.41, 5.74) is 3.44. The molecule has 0 amide bonds. The Kier molecular flexibility index (Phi) is 4.57. The van der Waals surface area contributed by atoms with Crippen LogP contribution in [0.25, 0.3) is 0 Å². The molecular weight excluding hydrogens is 258 g/mol. The van der Waals surface area contributed by atoms with Crippen LogP contribution in [0.3, 0.4) is 0 Å². The van der Waals surface area contributed by atoms with Crippen LogP contribution in [0, 0.1) is 13.8 Å². The number of halogens is 1. The van der Waals surface area contributed by atoms with Gasteiger partial charge in [-0.1, -0.05) is 15.9 Å². The Morgan fingerprint density at radius 1 is 1.40 bits per heavy atom. The van der Waals surface area contributed by atoms with Gasteiger partial charge in [0.2, 0.25) is 0 Å². The highest BCUT2D eigenvalue weighted by Crippen LogP contribution is 2.32. The molecule has 1 aromatic carbocycles. The molecule has 1 rings (SSSR count). The molecule has 0 fully saturated rings. The molecule has 0 heterocycles. The summed E-state index contributed by atoms with van der Waals surface area (Å²) in [5, 5.41) is 0. The van der Waals surface area contributed by atoms with Crippen molar-refractivity contribution < 1.29 is 9.57 Å². The van der Waals surface area contributed by atoms with E-state index in [9.17, 15) is 0 Å². The van der Waals surface area contributed by atoms with Crippen LogP contribution in [0.4, 0.5) is 0 Å². The van der Waals surface area contributed by atoms with E-state index in [1.807, 2.05) is 6.92 Å². The minimum Gasteiger partial charge on any atom is -0.496 e. The van der Waals surface area contributed by atoms with Gasteiger partial charge in [-0.3, -0.25) is 0 Å². The maximum Gasteiger partial charge on any atom is 0.125 e. The highest BCUT2D eigenvalue weighted by molar-refractivity contribution is 9.10. The van der Waals surface area contributed by atoms with Gasteiger partial charge in [-0.05, 0) is 31.0 Å². The third kappa shape index (κ3) is 2.71. The average molecular weight is 274 g/mol. The molecular formula is C11H16BrNO2. The van der Waals surface area contributed by atoms with E-state index in [0.717, 1.165) is 27.8 Å². The van der Waals surface area contributed by atoms with Crippen LogP contribution >= 0.6 is 15.9 Å². The maximum absolute atomic E-state index is 5.39. The zero-order valence-corrected chi connectivity index (χ0v) is 10.8. The van der Waals surface area contributed by atoms with Gasteiger partial charge in [0.15, 0.2) is 0 Å². The predicted octanol–water partition coefficient (Wildman–Crippen LogP) is 2.51. The molecule has 0 aliphatic rings. The molecule has 15 heavy (non-hydrogen) atoms. The van der Waals surface area contributed by atoms with Crippen LogP contribution in [0.15, 0.2) is 10.5 Å². The zero-order chi connectivity index (χ0) is 11.4. The van der Waals surface area contributed by atoms with Crippen LogP contribution in [-0.2, 0) is 11.3 Å². The number of hydrogen-bond acceptors (Lipinski definition) is 3. The zero-order valence-electron chi connectivity index (χ0n) is 9.26. The van der Waals surface area contributed by atoms with Gasteiger partial charge in [0.1, 0.15) is 5.75 Å². The van der Waals surface area contributed by atoms with E-state index in [4.69, 9.17) is 10.6 Å². The molecule has 2 N–H and O–H groups in total. The lowest BCUT2D eigenvalue weighted by atomic mass is 10.0. The minimum absolute atomic E-state index is 0.493. The Balaban J connectivity index is 3.18. The second-order valence-electron chi connectivity index (χ2n) is 3.43. The molecule has 3 nitrogen and oxygen atoms in total. The standard InChI is InChI=1S/C11H16BrNO2/c1-7-6-10(12)8(2)9(4-5-15-13)11(7)14-3/h6H,4-5,13H2,1-3H3. The van der Waals surface area contributed by atoms with E-state index in [1.165, 1.54) is 5.56 Å². The van der Waals surface area contributed by atoms with Gasteiger partial charge < -0.3 is 9.57 Å². The summed E-state index contributed by atoms with van der Waals surface area (Å²) >= 11 is 3.52. The maximum atomic E-state index is 5.39. The number of hydrogen-bond donors (Lipinski definition) is 1. The van der Waals surface area contributed by atoms with Gasteiger partial charge in [-0.15, -0.1) is 0 Å². The molecule has 0 radical (unpaired) electrons. The highest BCUT2D eigenvalue weighted by atomic mass is 79.9. The summed E-state index contributed by atoms with van der Waals surface area (Å²) in [6, 6.07) is 2.06. The Hall–Kier alpha value is -0.580. The lowest BCUT2D eigenvalue weighted by Crippen LogP contribution is -2.07. The Bertz CT molecular complexity index is 353. The first-order valence-corrected chi connectivity index (χ1v) is 5.55. The van der Waals surface area contributed by atoms with Gasteiger partial charge in [0.05, 0.1) is 13.7 Å². The summed E-state index contributed by atoms with van der Waals surface area (Å²) in [4.78, 5) is 4.61. The van der Waals surface area contributed by atoms with Crippen molar-refractivity contribution in [2.45, 2.75) is 20.3 Å². The molecule has 0 bridgehead atoms. The van der Waals surface area contributed by atoms with Crippen molar-refractivity contribution >= 4 is 15.9 Å². The molecule has 0 spiro atoms. The van der Waals surface area contributed by atoms with Crippen LogP contribution in [0.2, 0.25) is 0 Å². The summed E-state index contributed by atoms with van der Waals surface area (Å²) in [7, 11) is 1.68. The number of methoxy groups -OCH3 is 1. The van der Waals surface area contributed by atoms with Gasteiger partial charge in [-0.2, -0.15) is 0 Å². The van der Waals surface area contributed by atoms with Gasteiger partial charge >= 0.3 is 0 Å². The number of benzene rings is 1. The summed E-state index contributed by atoms with van der Waals surface area (Å²) in [6.07, 6.45) is 0.756. The van der Waals surface area contributed by atoms with Crippen molar-refractivity contribution in [3.63, 3.8) is 0 Å². The van der Waals surface area contributed by atoms with Crippen molar-refractivity contribution in [1.29, 1.82) is 0 Å². The van der Waals surface area contributed by atoms with Crippen molar-refractivity contribution in [2.24, 2.45) is 5.90 Å². The number of rotatable bonds is 4. The number of nitrogens with two attached hydrogens (primary N) is 1. The van der Waals surface area contributed by atoms with Gasteiger partial charge in [0.25, 0.3) is 0 Å². The van der Waals surface area contributed by atoms with E-state index in [1.54, 1.807) is 7.11 Å². The second kappa shape index (κ2) is 5.49. The first kappa shape index (κ1) is 12.5. The Morgan fingerprint density at radius 3 is 2.60 bits per heavy atom. The van der Waals surface area contributed by atoms with E-state index in [2.05, 4.69) is 33.8 Å². The van der Waals surface area contributed by atoms with Crippen LogP contribution in [-0.4, -0.2) is 13.7 Å². The molecule has 0 aliphatic heterocycles. The predicted molar refractivity (Wildman–Crippen MR) is 64.0 cm³/mol. The van der Waals surface area contributed by atoms with Gasteiger partial charge in [-0.25, -0.2) is 5.90 Å². The van der Waals surface area contributed by atoms with E-state index in [0.29, 0.717) is 6.61 Å². The molecule has 4 heteroatoms. The topological polar surface area (TPSA) is 44.5 Å². The summed E-state index contributed by atoms with van der Waals surface area (Å²) in [5.74, 6) is 5.97. The lowest BCUT2D eigenvalue weighted by molar-refractivity contribution is 0.140. The fraction of sp³-hybridized carbons (Fsp3) is 0.455. The number of ether oxygens (including phenoxy) is 1. The summed E-state index contributed by atoms with van der Waals surface area (Å²) in [6.45, 7) is 4.57. The largest absolute Gasteiger partial charge is 0.496 e. The number of aryl methyl sites for hydroxylation is 1. The van der Waals surface area contributed by atoms with Crippen LogP contribution in [0.5, 0.6) is 5.75 Å². The average Bonchev–Trinajstić information content (AvgIpc) is 2.21. The molecule has 0 atom stereocenters. The van der Waals surface area contributed by atoms with E-state index in [-0.39, 0.29) is 0 Å². The third-order valence-electron chi connectivity index (χ3n) is 2.46. The fourth-order valence-electron chi connectivity index (χ4n) is 1.66. The van der Waals surface area contributed by atoms with Crippen LogP contribution < -0.4 is 10.6 Å². The molecule has 1 aromatic rings. The van der Waals surface area contributed by atoms with Gasteiger partial charge in [0, 0.05) is 16.5 Å².